The topological polar surface area (TPSA) is 88.9 Å². The van der Waals surface area contributed by atoms with E-state index in [1.807, 2.05) is 47.3 Å². The molecule has 0 spiro atoms. The van der Waals surface area contributed by atoms with Crippen molar-refractivity contribution < 1.29 is 9.59 Å². The maximum absolute atomic E-state index is 12.3. The Bertz CT molecular complexity index is 1120. The Morgan fingerprint density at radius 1 is 0.967 bits per heavy atom. The van der Waals surface area contributed by atoms with E-state index in [0.717, 1.165) is 11.3 Å². The second-order valence-electron chi connectivity index (χ2n) is 6.59. The maximum atomic E-state index is 12.3. The minimum atomic E-state index is -0.226. The fraction of sp³-hybridized carbons (Fsp3) is 0.0909. The Labute approximate surface area is 177 Å². The summed E-state index contributed by atoms with van der Waals surface area (Å²) in [7, 11) is 0. The number of anilines is 2. The first-order chi connectivity index (χ1) is 14.7. The summed E-state index contributed by atoms with van der Waals surface area (Å²) in [5.41, 5.74) is 2.98. The van der Waals surface area contributed by atoms with E-state index in [2.05, 4.69) is 20.7 Å². The summed E-state index contributed by atoms with van der Waals surface area (Å²) in [4.78, 5) is 28.8. The van der Waals surface area contributed by atoms with E-state index in [0.29, 0.717) is 22.9 Å². The lowest BCUT2D eigenvalue weighted by Gasteiger charge is -2.06. The van der Waals surface area contributed by atoms with Crippen LogP contribution in [-0.2, 0) is 17.8 Å². The van der Waals surface area contributed by atoms with Crippen LogP contribution in [0.1, 0.15) is 21.6 Å². The lowest BCUT2D eigenvalue weighted by molar-refractivity contribution is -0.115. The van der Waals surface area contributed by atoms with Crippen molar-refractivity contribution in [2.24, 2.45) is 0 Å². The van der Waals surface area contributed by atoms with Gasteiger partial charge in [-0.2, -0.15) is 5.10 Å². The predicted octanol–water partition coefficient (Wildman–Crippen LogP) is 3.82. The molecule has 0 radical (unpaired) electrons. The third-order valence-electron chi connectivity index (χ3n) is 4.29. The standard InChI is InChI=1S/C22H19N5O2S/c28-20(24-18-9-7-16(8-10-18)14-27-12-4-11-23-27)13-19-15-30-22(25-19)26-21(29)17-5-2-1-3-6-17/h1-12,15H,13-14H2,(H,24,28)(H,25,26,29). The van der Waals surface area contributed by atoms with Gasteiger partial charge in [-0.3, -0.25) is 19.6 Å². The molecule has 0 saturated heterocycles. The van der Waals surface area contributed by atoms with Crippen LogP contribution in [0, 0.1) is 0 Å². The number of amides is 2. The Morgan fingerprint density at radius 2 is 1.77 bits per heavy atom. The molecule has 0 aliphatic heterocycles. The first-order valence-corrected chi connectivity index (χ1v) is 10.2. The van der Waals surface area contributed by atoms with Crippen LogP contribution < -0.4 is 10.6 Å². The third-order valence-corrected chi connectivity index (χ3v) is 5.10. The van der Waals surface area contributed by atoms with Crippen molar-refractivity contribution in [2.45, 2.75) is 13.0 Å². The summed E-state index contributed by atoms with van der Waals surface area (Å²) < 4.78 is 1.84. The second-order valence-corrected chi connectivity index (χ2v) is 7.45. The number of carbonyl (C=O) groups is 2. The van der Waals surface area contributed by atoms with E-state index in [1.165, 1.54) is 11.3 Å². The molecule has 0 atom stereocenters. The molecule has 2 aromatic heterocycles. The van der Waals surface area contributed by atoms with Crippen LogP contribution in [0.15, 0.2) is 78.4 Å². The zero-order chi connectivity index (χ0) is 20.8. The highest BCUT2D eigenvalue weighted by Gasteiger charge is 2.11. The highest BCUT2D eigenvalue weighted by atomic mass is 32.1. The number of rotatable bonds is 7. The molecule has 2 N–H and O–H groups in total. The molecule has 0 aliphatic rings. The number of hydrogen-bond acceptors (Lipinski definition) is 5. The SMILES string of the molecule is O=C(Cc1csc(NC(=O)c2ccccc2)n1)Nc1ccc(Cn2cccn2)cc1. The summed E-state index contributed by atoms with van der Waals surface area (Å²) in [5.74, 6) is -0.391. The molecule has 2 aromatic carbocycles. The molecular weight excluding hydrogens is 398 g/mol. The van der Waals surface area contributed by atoms with Crippen LogP contribution in [-0.4, -0.2) is 26.6 Å². The van der Waals surface area contributed by atoms with Crippen LogP contribution >= 0.6 is 11.3 Å². The fourth-order valence-corrected chi connectivity index (χ4v) is 3.55. The van der Waals surface area contributed by atoms with Crippen LogP contribution in [0.2, 0.25) is 0 Å². The van der Waals surface area contributed by atoms with Crippen LogP contribution in [0.25, 0.3) is 0 Å². The first-order valence-electron chi connectivity index (χ1n) is 9.33. The van der Waals surface area contributed by atoms with Gasteiger partial charge in [0.25, 0.3) is 5.91 Å². The molecule has 7 nitrogen and oxygen atoms in total. The van der Waals surface area contributed by atoms with E-state index in [-0.39, 0.29) is 18.2 Å². The number of hydrogen-bond donors (Lipinski definition) is 2. The summed E-state index contributed by atoms with van der Waals surface area (Å²) in [5, 5.41) is 12.0. The van der Waals surface area contributed by atoms with E-state index >= 15 is 0 Å². The van der Waals surface area contributed by atoms with Gasteiger partial charge < -0.3 is 5.32 Å². The lowest BCUT2D eigenvalue weighted by Crippen LogP contribution is -2.15. The molecule has 0 aliphatic carbocycles. The lowest BCUT2D eigenvalue weighted by atomic mass is 10.2. The van der Waals surface area contributed by atoms with Gasteiger partial charge in [0, 0.05) is 29.0 Å². The van der Waals surface area contributed by atoms with Crippen molar-refractivity contribution in [1.82, 2.24) is 14.8 Å². The molecule has 8 heteroatoms. The largest absolute Gasteiger partial charge is 0.326 e. The molecule has 0 bridgehead atoms. The summed E-state index contributed by atoms with van der Waals surface area (Å²) in [6, 6.07) is 18.4. The average molecular weight is 417 g/mol. The van der Waals surface area contributed by atoms with Crippen molar-refractivity contribution in [3.8, 4) is 0 Å². The van der Waals surface area contributed by atoms with Gasteiger partial charge in [0.2, 0.25) is 5.91 Å². The van der Waals surface area contributed by atoms with E-state index < -0.39 is 0 Å². The van der Waals surface area contributed by atoms with Gasteiger partial charge >= 0.3 is 0 Å². The monoisotopic (exact) mass is 417 g/mol. The first kappa shape index (κ1) is 19.5. The van der Waals surface area contributed by atoms with Gasteiger partial charge in [-0.25, -0.2) is 4.98 Å². The number of benzene rings is 2. The quantitative estimate of drug-likeness (QED) is 0.478. The molecule has 4 aromatic rings. The smallest absolute Gasteiger partial charge is 0.257 e. The number of nitrogens with zero attached hydrogens (tertiary/aromatic N) is 3. The molecule has 0 fully saturated rings. The van der Waals surface area contributed by atoms with Crippen LogP contribution in [0.4, 0.5) is 10.8 Å². The molecule has 4 rings (SSSR count). The predicted molar refractivity (Wildman–Crippen MR) is 117 cm³/mol. The summed E-state index contributed by atoms with van der Waals surface area (Å²) in [6.07, 6.45) is 3.78. The highest BCUT2D eigenvalue weighted by Crippen LogP contribution is 2.18. The Kier molecular flexibility index (Phi) is 5.95. The van der Waals surface area contributed by atoms with E-state index in [1.54, 1.807) is 35.8 Å². The molecule has 2 amide bonds. The Hall–Kier alpha value is -3.78. The maximum Gasteiger partial charge on any atom is 0.257 e. The molecule has 150 valence electrons. The summed E-state index contributed by atoms with van der Waals surface area (Å²) in [6.45, 7) is 0.678. The summed E-state index contributed by atoms with van der Waals surface area (Å²) >= 11 is 1.29. The van der Waals surface area contributed by atoms with Gasteiger partial charge in [-0.15, -0.1) is 11.3 Å². The highest BCUT2D eigenvalue weighted by molar-refractivity contribution is 7.14. The number of nitrogens with one attached hydrogen (secondary N) is 2. The molecule has 0 unspecified atom stereocenters. The molecule has 2 heterocycles. The minimum absolute atomic E-state index is 0.132. The number of thiazole rings is 1. The van der Waals surface area contributed by atoms with Crippen molar-refractivity contribution in [3.63, 3.8) is 0 Å². The van der Waals surface area contributed by atoms with Crippen molar-refractivity contribution in [2.75, 3.05) is 10.6 Å². The molecule has 0 saturated carbocycles. The number of carbonyl (C=O) groups excluding carboxylic acids is 2. The zero-order valence-electron chi connectivity index (χ0n) is 16.0. The van der Waals surface area contributed by atoms with Gasteiger partial charge in [0.15, 0.2) is 5.13 Å². The van der Waals surface area contributed by atoms with Crippen LogP contribution in [0.5, 0.6) is 0 Å². The zero-order valence-corrected chi connectivity index (χ0v) is 16.8. The van der Waals surface area contributed by atoms with Gasteiger partial charge in [0.1, 0.15) is 0 Å². The molecule has 30 heavy (non-hydrogen) atoms. The average Bonchev–Trinajstić information content (AvgIpc) is 3.42. The van der Waals surface area contributed by atoms with Gasteiger partial charge in [-0.05, 0) is 35.9 Å². The van der Waals surface area contributed by atoms with Gasteiger partial charge in [0.05, 0.1) is 18.7 Å². The van der Waals surface area contributed by atoms with Crippen LogP contribution in [0.3, 0.4) is 0 Å². The van der Waals surface area contributed by atoms with Crippen molar-refractivity contribution in [1.29, 1.82) is 0 Å². The minimum Gasteiger partial charge on any atom is -0.326 e. The molecular formula is C22H19N5O2S. The third kappa shape index (κ3) is 5.18. The van der Waals surface area contributed by atoms with Gasteiger partial charge in [-0.1, -0.05) is 30.3 Å². The van der Waals surface area contributed by atoms with Crippen molar-refractivity contribution in [3.05, 3.63) is 95.3 Å². The van der Waals surface area contributed by atoms with E-state index in [4.69, 9.17) is 0 Å². The Balaban J connectivity index is 1.29. The second kappa shape index (κ2) is 9.15. The van der Waals surface area contributed by atoms with Crippen molar-refractivity contribution >= 4 is 34.0 Å². The normalized spacial score (nSPS) is 10.5. The number of aromatic nitrogens is 3. The van der Waals surface area contributed by atoms with E-state index in [9.17, 15) is 9.59 Å². The Morgan fingerprint density at radius 3 is 2.50 bits per heavy atom. The fourth-order valence-electron chi connectivity index (χ4n) is 2.85.